The molecule has 1 saturated carbocycles. The summed E-state index contributed by atoms with van der Waals surface area (Å²) in [6, 6.07) is 6.05. The molecular weight excluding hydrogens is 268 g/mol. The first-order chi connectivity index (χ1) is 7.60. The van der Waals surface area contributed by atoms with Gasteiger partial charge in [-0.2, -0.15) is 0 Å². The Bertz CT molecular complexity index is 427. The lowest BCUT2D eigenvalue weighted by Gasteiger charge is -2.41. The van der Waals surface area contributed by atoms with Crippen LogP contribution in [0.1, 0.15) is 30.4 Å². The number of nitrogens with two attached hydrogens (primary N) is 1. The van der Waals surface area contributed by atoms with Crippen molar-refractivity contribution < 1.29 is 4.79 Å². The van der Waals surface area contributed by atoms with Gasteiger partial charge in [0.1, 0.15) is 0 Å². The van der Waals surface area contributed by atoms with Gasteiger partial charge in [0, 0.05) is 4.47 Å². The van der Waals surface area contributed by atoms with Gasteiger partial charge in [0.15, 0.2) is 0 Å². The van der Waals surface area contributed by atoms with Gasteiger partial charge < -0.3 is 0 Å². The smallest absolute Gasteiger partial charge is 0.244 e. The van der Waals surface area contributed by atoms with Crippen molar-refractivity contribution in [3.05, 3.63) is 33.8 Å². The van der Waals surface area contributed by atoms with Gasteiger partial charge in [0.05, 0.1) is 5.41 Å². The number of benzene rings is 1. The summed E-state index contributed by atoms with van der Waals surface area (Å²) >= 11 is 3.45. The van der Waals surface area contributed by atoms with Gasteiger partial charge in [-0.25, -0.2) is 5.84 Å². The molecule has 0 aromatic heterocycles. The van der Waals surface area contributed by atoms with Crippen LogP contribution in [0.15, 0.2) is 22.7 Å². The molecule has 0 saturated heterocycles. The quantitative estimate of drug-likeness (QED) is 0.496. The molecule has 0 bridgehead atoms. The van der Waals surface area contributed by atoms with Crippen molar-refractivity contribution >= 4 is 21.8 Å². The van der Waals surface area contributed by atoms with E-state index in [0.29, 0.717) is 0 Å². The van der Waals surface area contributed by atoms with Gasteiger partial charge >= 0.3 is 0 Å². The van der Waals surface area contributed by atoms with Crippen LogP contribution in [0.25, 0.3) is 0 Å². The predicted octanol–water partition coefficient (Wildman–Crippen LogP) is 2.17. The van der Waals surface area contributed by atoms with Gasteiger partial charge in [-0.1, -0.05) is 28.4 Å². The third-order valence-corrected chi connectivity index (χ3v) is 3.98. The topological polar surface area (TPSA) is 55.1 Å². The van der Waals surface area contributed by atoms with Gasteiger partial charge in [-0.15, -0.1) is 0 Å². The molecule has 1 aromatic rings. The molecule has 1 amide bonds. The monoisotopic (exact) mass is 282 g/mol. The van der Waals surface area contributed by atoms with Crippen molar-refractivity contribution in [2.24, 2.45) is 5.84 Å². The summed E-state index contributed by atoms with van der Waals surface area (Å²) < 4.78 is 1.00. The van der Waals surface area contributed by atoms with Crippen molar-refractivity contribution in [3.8, 4) is 0 Å². The number of carbonyl (C=O) groups excluding carboxylic acids is 1. The minimum absolute atomic E-state index is 0.0695. The molecule has 1 aliphatic carbocycles. The van der Waals surface area contributed by atoms with Crippen molar-refractivity contribution in [1.29, 1.82) is 0 Å². The van der Waals surface area contributed by atoms with E-state index in [0.717, 1.165) is 34.9 Å². The first kappa shape index (κ1) is 11.6. The first-order valence-corrected chi connectivity index (χ1v) is 6.17. The normalized spacial score (nSPS) is 17.7. The lowest BCUT2D eigenvalue weighted by Crippen LogP contribution is -2.51. The Kier molecular flexibility index (Phi) is 3.04. The molecule has 86 valence electrons. The zero-order valence-corrected chi connectivity index (χ0v) is 10.8. The number of hydrazine groups is 1. The molecule has 0 radical (unpaired) electrons. The molecular formula is C12H15BrN2O. The van der Waals surface area contributed by atoms with Crippen LogP contribution in [0.4, 0.5) is 0 Å². The highest BCUT2D eigenvalue weighted by molar-refractivity contribution is 9.10. The maximum atomic E-state index is 11.9. The average molecular weight is 283 g/mol. The molecule has 0 heterocycles. The number of hydrogen-bond acceptors (Lipinski definition) is 2. The number of nitrogens with one attached hydrogen (secondary N) is 1. The van der Waals surface area contributed by atoms with Crippen molar-refractivity contribution in [2.45, 2.75) is 31.6 Å². The van der Waals surface area contributed by atoms with E-state index in [-0.39, 0.29) is 5.91 Å². The summed E-state index contributed by atoms with van der Waals surface area (Å²) in [7, 11) is 0. The van der Waals surface area contributed by atoms with Crippen LogP contribution in [0.2, 0.25) is 0 Å². The summed E-state index contributed by atoms with van der Waals surface area (Å²) in [5, 5.41) is 0. The highest BCUT2D eigenvalue weighted by atomic mass is 79.9. The highest BCUT2D eigenvalue weighted by Crippen LogP contribution is 2.45. The second-order valence-electron chi connectivity index (χ2n) is 4.37. The summed E-state index contributed by atoms with van der Waals surface area (Å²) in [5.41, 5.74) is 4.14. The predicted molar refractivity (Wildman–Crippen MR) is 66.7 cm³/mol. The fraction of sp³-hybridized carbons (Fsp3) is 0.417. The first-order valence-electron chi connectivity index (χ1n) is 5.38. The summed E-state index contributed by atoms with van der Waals surface area (Å²) in [5.74, 6) is 5.21. The standard InChI is InChI=1S/C12H15BrN2O/c1-8-3-4-9(13)7-10(8)12(5-2-6-12)11(16)15-14/h3-4,7H,2,5-6,14H2,1H3,(H,15,16). The Balaban J connectivity index is 2.48. The van der Waals surface area contributed by atoms with Crippen LogP contribution < -0.4 is 11.3 Å². The van der Waals surface area contributed by atoms with Crippen LogP contribution in [0.5, 0.6) is 0 Å². The third-order valence-electron chi connectivity index (χ3n) is 3.49. The largest absolute Gasteiger partial charge is 0.293 e. The zero-order valence-electron chi connectivity index (χ0n) is 9.22. The van der Waals surface area contributed by atoms with Crippen LogP contribution >= 0.6 is 15.9 Å². The zero-order chi connectivity index (χ0) is 11.8. The Morgan fingerprint density at radius 3 is 2.69 bits per heavy atom. The van der Waals surface area contributed by atoms with E-state index in [9.17, 15) is 4.79 Å². The maximum absolute atomic E-state index is 11.9. The third kappa shape index (κ3) is 1.66. The number of carbonyl (C=O) groups is 1. The van der Waals surface area contributed by atoms with E-state index in [2.05, 4.69) is 21.4 Å². The fourth-order valence-electron chi connectivity index (χ4n) is 2.40. The summed E-state index contributed by atoms with van der Waals surface area (Å²) in [6.07, 6.45) is 2.85. The molecule has 2 rings (SSSR count). The lowest BCUT2D eigenvalue weighted by molar-refractivity contribution is -0.130. The number of rotatable bonds is 2. The molecule has 4 heteroatoms. The van der Waals surface area contributed by atoms with Crippen LogP contribution in [0.3, 0.4) is 0 Å². The average Bonchev–Trinajstić information content (AvgIpc) is 2.21. The van der Waals surface area contributed by atoms with Crippen LogP contribution in [-0.4, -0.2) is 5.91 Å². The lowest BCUT2D eigenvalue weighted by atomic mass is 9.63. The van der Waals surface area contributed by atoms with Gasteiger partial charge in [-0.3, -0.25) is 10.2 Å². The molecule has 1 fully saturated rings. The number of hydrogen-bond donors (Lipinski definition) is 2. The van der Waals surface area contributed by atoms with Gasteiger partial charge in [0.25, 0.3) is 0 Å². The minimum Gasteiger partial charge on any atom is -0.293 e. The number of amides is 1. The Hall–Kier alpha value is -0.870. The molecule has 1 aliphatic rings. The van der Waals surface area contributed by atoms with Gasteiger partial charge in [0.2, 0.25) is 5.91 Å². The fourth-order valence-corrected chi connectivity index (χ4v) is 2.76. The molecule has 16 heavy (non-hydrogen) atoms. The SMILES string of the molecule is Cc1ccc(Br)cc1C1(C(=O)NN)CCC1. The Labute approximate surface area is 104 Å². The van der Waals surface area contributed by atoms with Gasteiger partial charge in [-0.05, 0) is 43.0 Å². The van der Waals surface area contributed by atoms with E-state index < -0.39 is 5.41 Å². The number of aryl methyl sites for hydroxylation is 1. The van der Waals surface area contributed by atoms with Crippen LogP contribution in [-0.2, 0) is 10.2 Å². The van der Waals surface area contributed by atoms with Crippen molar-refractivity contribution in [2.75, 3.05) is 0 Å². The molecule has 0 spiro atoms. The Morgan fingerprint density at radius 1 is 1.50 bits per heavy atom. The maximum Gasteiger partial charge on any atom is 0.244 e. The molecule has 0 unspecified atom stereocenters. The molecule has 0 aliphatic heterocycles. The highest BCUT2D eigenvalue weighted by Gasteiger charge is 2.46. The van der Waals surface area contributed by atoms with Crippen molar-refractivity contribution in [3.63, 3.8) is 0 Å². The minimum atomic E-state index is -0.400. The van der Waals surface area contributed by atoms with E-state index in [4.69, 9.17) is 5.84 Å². The molecule has 3 nitrogen and oxygen atoms in total. The van der Waals surface area contributed by atoms with E-state index >= 15 is 0 Å². The summed E-state index contributed by atoms with van der Waals surface area (Å²) in [6.45, 7) is 2.03. The molecule has 1 aromatic carbocycles. The second kappa shape index (κ2) is 4.18. The van der Waals surface area contributed by atoms with E-state index in [1.807, 2.05) is 25.1 Å². The Morgan fingerprint density at radius 2 is 2.19 bits per heavy atom. The van der Waals surface area contributed by atoms with Crippen LogP contribution in [0, 0.1) is 6.92 Å². The van der Waals surface area contributed by atoms with E-state index in [1.165, 1.54) is 0 Å². The number of halogens is 1. The summed E-state index contributed by atoms with van der Waals surface area (Å²) in [4.78, 5) is 11.9. The molecule has 3 N–H and O–H groups in total. The van der Waals surface area contributed by atoms with E-state index in [1.54, 1.807) is 0 Å². The second-order valence-corrected chi connectivity index (χ2v) is 5.28. The molecule has 0 atom stereocenters. The van der Waals surface area contributed by atoms with Crippen molar-refractivity contribution in [1.82, 2.24) is 5.43 Å².